The molecule has 3 fully saturated rings. The van der Waals surface area contributed by atoms with Crippen LogP contribution in [0.2, 0.25) is 0 Å². The van der Waals surface area contributed by atoms with Crippen molar-refractivity contribution in [2.45, 2.75) is 49.2 Å². The molecule has 258 valence electrons. The molecule has 5 aliphatic rings. The maximum Gasteiger partial charge on any atom is 0.386 e. The summed E-state index contributed by atoms with van der Waals surface area (Å²) in [5.41, 5.74) is 1.09. The van der Waals surface area contributed by atoms with E-state index in [9.17, 15) is 9.46 Å². The SMILES string of the molecule is O=P1(S)OC[C@H]2O[C@@H]3[C@H](F)[C@@H]2OP(O)(=S)OC[C@H]2O[C@H]([C@H](F)[C@@H]2O1)n1cnc2c(ncnc21)NC/C=C/CNc1ncnc2c1ncn23.[Na].[Na]. The van der Waals surface area contributed by atoms with E-state index in [2.05, 4.69) is 52.8 Å². The Labute approximate surface area is 336 Å². The number of nitrogens with one attached hydrogen (secondary N) is 2. The van der Waals surface area contributed by atoms with E-state index in [0.29, 0.717) is 35.8 Å². The summed E-state index contributed by atoms with van der Waals surface area (Å²) >= 11 is 9.28. The molecule has 0 amide bonds. The van der Waals surface area contributed by atoms with Crippen molar-refractivity contribution >= 4 is 131 Å². The van der Waals surface area contributed by atoms with Gasteiger partial charge in [-0.3, -0.25) is 22.7 Å². The number of alkyl halides is 2. The van der Waals surface area contributed by atoms with Gasteiger partial charge in [0.1, 0.15) is 37.1 Å². The van der Waals surface area contributed by atoms with Crippen LogP contribution in [0.1, 0.15) is 12.5 Å². The zero-order valence-corrected chi connectivity index (χ0v) is 33.8. The van der Waals surface area contributed by atoms with E-state index < -0.39 is 75.9 Å². The minimum Gasteiger partial charge on any atom is -0.365 e. The number of aromatic nitrogens is 8. The second-order valence-electron chi connectivity index (χ2n) is 11.0. The quantitative estimate of drug-likeness (QED) is 0.0868. The van der Waals surface area contributed by atoms with Crippen molar-refractivity contribution in [2.75, 3.05) is 36.9 Å². The molecule has 18 nitrogen and oxygen atoms in total. The van der Waals surface area contributed by atoms with Gasteiger partial charge in [-0.1, -0.05) is 24.4 Å². The van der Waals surface area contributed by atoms with E-state index in [4.69, 9.17) is 39.4 Å². The zero-order valence-electron chi connectivity index (χ0n) is 26.3. The summed E-state index contributed by atoms with van der Waals surface area (Å²) in [5, 5.41) is 6.30. The van der Waals surface area contributed by atoms with Gasteiger partial charge >= 0.3 is 13.5 Å². The molecule has 3 saturated heterocycles. The number of nitrogens with zero attached hydrogens (tertiary/aromatic N) is 8. The third kappa shape index (κ3) is 7.48. The molecule has 9 rings (SSSR count). The van der Waals surface area contributed by atoms with E-state index in [1.54, 1.807) is 0 Å². The maximum atomic E-state index is 16.2. The van der Waals surface area contributed by atoms with Crippen LogP contribution < -0.4 is 10.6 Å². The fourth-order valence-corrected chi connectivity index (χ4v) is 8.79. The zero-order chi connectivity index (χ0) is 33.2. The Balaban J connectivity index is 0.00000216. The number of hydrogen-bond acceptors (Lipinski definition) is 16. The molecule has 2 radical (unpaired) electrons. The van der Waals surface area contributed by atoms with Gasteiger partial charge in [-0.2, -0.15) is 0 Å². The Morgan fingerprint density at radius 1 is 0.800 bits per heavy atom. The smallest absolute Gasteiger partial charge is 0.365 e. The number of halogens is 2. The first kappa shape index (κ1) is 39.0. The molecule has 4 aromatic rings. The van der Waals surface area contributed by atoms with Crippen molar-refractivity contribution < 1.29 is 45.8 Å². The van der Waals surface area contributed by atoms with Crippen molar-refractivity contribution in [3.63, 3.8) is 0 Å². The molecule has 0 aliphatic carbocycles. The van der Waals surface area contributed by atoms with Gasteiger partial charge in [0.2, 0.25) is 0 Å². The predicted octanol–water partition coefficient (Wildman–Crippen LogP) is 1.84. The van der Waals surface area contributed by atoms with E-state index in [-0.39, 0.29) is 70.4 Å². The van der Waals surface area contributed by atoms with Gasteiger partial charge in [-0.05, 0) is 11.8 Å². The fourth-order valence-electron chi connectivity index (χ4n) is 5.87. The van der Waals surface area contributed by atoms with Crippen molar-refractivity contribution in [1.82, 2.24) is 39.0 Å². The van der Waals surface area contributed by atoms with Gasteiger partial charge < -0.3 is 29.5 Å². The van der Waals surface area contributed by atoms with Crippen LogP contribution in [0.5, 0.6) is 0 Å². The molecule has 5 aliphatic heterocycles. The Hall–Kier alpha value is -0.750. The van der Waals surface area contributed by atoms with E-state index in [1.807, 2.05) is 12.2 Å². The summed E-state index contributed by atoms with van der Waals surface area (Å²) < 4.78 is 82.8. The van der Waals surface area contributed by atoms with Crippen LogP contribution in [-0.4, -0.2) is 166 Å². The van der Waals surface area contributed by atoms with Crippen LogP contribution in [0, 0.1) is 0 Å². The Bertz CT molecular complexity index is 1870. The average molecular weight is 793 g/mol. The monoisotopic (exact) mass is 792 g/mol. The summed E-state index contributed by atoms with van der Waals surface area (Å²) in [6.07, 6.45) is -3.72. The molecule has 4 aromatic heterocycles. The Kier molecular flexibility index (Phi) is 12.1. The molecular weight excluding hydrogens is 766 g/mol. The molecule has 26 heteroatoms. The standard InChI is InChI=1S/C24H26F2N10O8P2S2.2Na/c25-13-17-11-5-39-46(38,48)44-18-12(6-40-45(37,47)43-17)42-24(14(18)26)36-10-34-16-20(30-8-32-22(16)36)28-4-2-1-3-27-19-15-21(31-7-29-19)35(9-33-15)23(13)41-11;;/h1-2,7-14,17-18,23-24H,3-6H2,(H,37,47)(H,38,48)(H,27,29,31)(H,28,30,32);;/b2-1+;;/t11-,12-,13-,14-,17-,18-,23-,24-,45?,46?;;/m1../s1. The summed E-state index contributed by atoms with van der Waals surface area (Å²) in [6, 6.07) is 0. The largest absolute Gasteiger partial charge is 0.386 e. The van der Waals surface area contributed by atoms with E-state index in [0.717, 1.165) is 0 Å². The van der Waals surface area contributed by atoms with Crippen LogP contribution in [0.25, 0.3) is 22.3 Å². The molecule has 2 unspecified atom stereocenters. The Morgan fingerprint density at radius 2 is 1.28 bits per heavy atom. The minimum absolute atomic E-state index is 0. The Morgan fingerprint density at radius 3 is 1.80 bits per heavy atom. The number of rotatable bonds is 0. The van der Waals surface area contributed by atoms with Crippen molar-refractivity contribution in [3.8, 4) is 0 Å². The summed E-state index contributed by atoms with van der Waals surface area (Å²) in [5.74, 6) is 0.753. The van der Waals surface area contributed by atoms with Crippen LogP contribution >= 0.6 is 25.8 Å². The van der Waals surface area contributed by atoms with Crippen LogP contribution in [-0.2, 0) is 43.9 Å². The van der Waals surface area contributed by atoms with Gasteiger partial charge in [0, 0.05) is 72.2 Å². The predicted molar refractivity (Wildman–Crippen MR) is 181 cm³/mol. The number of imidazole rings is 2. The maximum absolute atomic E-state index is 16.2. The summed E-state index contributed by atoms with van der Waals surface area (Å²) in [4.78, 5) is 36.8. The summed E-state index contributed by atoms with van der Waals surface area (Å²) in [7, 11) is 0. The first-order chi connectivity index (χ1) is 23.1. The van der Waals surface area contributed by atoms with Gasteiger partial charge in [0.05, 0.1) is 25.9 Å². The van der Waals surface area contributed by atoms with Crippen LogP contribution in [0.3, 0.4) is 0 Å². The second kappa shape index (κ2) is 15.5. The van der Waals surface area contributed by atoms with Crippen molar-refractivity contribution in [1.29, 1.82) is 0 Å². The molecule has 3 N–H and O–H groups in total. The molecular formula is C24H26F2N10Na2O8P2S2. The van der Waals surface area contributed by atoms with Gasteiger partial charge in [0.25, 0.3) is 0 Å². The molecule has 14 bridgehead atoms. The number of ether oxygens (including phenoxy) is 2. The van der Waals surface area contributed by atoms with E-state index >= 15 is 8.78 Å². The molecule has 50 heavy (non-hydrogen) atoms. The van der Waals surface area contributed by atoms with Gasteiger partial charge in [0.15, 0.2) is 58.8 Å². The normalized spacial score (nSPS) is 36.5. The topological polar surface area (TPSA) is 204 Å². The fraction of sp³-hybridized carbons (Fsp3) is 0.500. The first-order valence-electron chi connectivity index (χ1n) is 14.5. The molecule has 0 aromatic carbocycles. The number of fused-ring (bicyclic) bond motifs is 10. The first-order valence-corrected chi connectivity index (χ1v) is 19.8. The van der Waals surface area contributed by atoms with Crippen LogP contribution in [0.15, 0.2) is 37.5 Å². The van der Waals surface area contributed by atoms with E-state index in [1.165, 1.54) is 34.4 Å². The number of hydrogen-bond donors (Lipinski definition) is 4. The summed E-state index contributed by atoms with van der Waals surface area (Å²) in [6.45, 7) is -9.13. The van der Waals surface area contributed by atoms with Gasteiger partial charge in [-0.25, -0.2) is 43.2 Å². The van der Waals surface area contributed by atoms with Crippen molar-refractivity contribution in [3.05, 3.63) is 37.5 Å². The minimum atomic E-state index is -4.38. The molecule has 0 saturated carbocycles. The van der Waals surface area contributed by atoms with Gasteiger partial charge in [-0.15, -0.1) is 0 Å². The average Bonchev–Trinajstić information content (AvgIpc) is 3.81. The molecule has 9 heterocycles. The van der Waals surface area contributed by atoms with Crippen molar-refractivity contribution in [2.24, 2.45) is 0 Å². The number of thiol groups is 1. The third-order valence-corrected chi connectivity index (χ3v) is 11.2. The van der Waals surface area contributed by atoms with Crippen LogP contribution in [0.4, 0.5) is 20.4 Å². The third-order valence-electron chi connectivity index (χ3n) is 8.05. The molecule has 0 spiro atoms. The second-order valence-corrected chi connectivity index (χ2v) is 16.7. The molecule has 10 atom stereocenters. The number of anilines is 2.